The number of halogens is 3. The highest BCUT2D eigenvalue weighted by Crippen LogP contribution is 2.24. The van der Waals surface area contributed by atoms with E-state index < -0.39 is 23.2 Å². The molecule has 0 unspecified atom stereocenters. The first-order valence-electron chi connectivity index (χ1n) is 4.85. The molecule has 3 nitrogen and oxygen atoms in total. The van der Waals surface area contributed by atoms with Crippen molar-refractivity contribution < 1.29 is 13.6 Å². The van der Waals surface area contributed by atoms with Crippen LogP contribution in [0.5, 0.6) is 0 Å². The van der Waals surface area contributed by atoms with Crippen LogP contribution in [0.1, 0.15) is 15.5 Å². The molecule has 1 aromatic carbocycles. The first-order chi connectivity index (χ1) is 8.47. The van der Waals surface area contributed by atoms with Crippen molar-refractivity contribution in [2.24, 2.45) is 0 Å². The average Bonchev–Trinajstić information content (AvgIpc) is 2.70. The van der Waals surface area contributed by atoms with Crippen LogP contribution in [0.4, 0.5) is 14.5 Å². The first kappa shape index (κ1) is 13.1. The van der Waals surface area contributed by atoms with Crippen molar-refractivity contribution in [2.45, 2.75) is 6.92 Å². The Bertz CT molecular complexity index is 592. The van der Waals surface area contributed by atoms with E-state index in [0.717, 1.165) is 12.1 Å². The van der Waals surface area contributed by atoms with E-state index in [9.17, 15) is 13.6 Å². The second-order valence-electron chi connectivity index (χ2n) is 3.45. The Hall–Kier alpha value is -1.34. The van der Waals surface area contributed by atoms with Gasteiger partial charge in [0.25, 0.3) is 5.91 Å². The van der Waals surface area contributed by atoms with E-state index in [1.165, 1.54) is 16.7 Å². The van der Waals surface area contributed by atoms with Gasteiger partial charge in [-0.1, -0.05) is 15.9 Å². The molecule has 0 radical (unpaired) electrons. The summed E-state index contributed by atoms with van der Waals surface area (Å²) in [4.78, 5) is 15.6. The zero-order valence-electron chi connectivity index (χ0n) is 9.13. The Labute approximate surface area is 114 Å². The zero-order chi connectivity index (χ0) is 13.3. The van der Waals surface area contributed by atoms with E-state index in [4.69, 9.17) is 0 Å². The topological polar surface area (TPSA) is 42.0 Å². The maximum atomic E-state index is 13.5. The van der Waals surface area contributed by atoms with Crippen LogP contribution in [-0.2, 0) is 0 Å². The van der Waals surface area contributed by atoms with E-state index in [-0.39, 0.29) is 10.2 Å². The summed E-state index contributed by atoms with van der Waals surface area (Å²) in [6.07, 6.45) is 0. The normalized spacial score (nSPS) is 10.4. The third-order valence-electron chi connectivity index (χ3n) is 2.10. The molecule has 0 saturated carbocycles. The molecule has 0 aliphatic rings. The molecule has 0 aliphatic carbocycles. The number of carbonyl (C=O) groups excluding carboxylic acids is 1. The molecule has 1 aromatic heterocycles. The van der Waals surface area contributed by atoms with Crippen LogP contribution < -0.4 is 5.32 Å². The number of nitrogens with zero attached hydrogens (tertiary/aromatic N) is 1. The fourth-order valence-corrected chi connectivity index (χ4v) is 2.30. The minimum Gasteiger partial charge on any atom is -0.316 e. The molecule has 0 fully saturated rings. The third-order valence-corrected chi connectivity index (χ3v) is 3.33. The highest BCUT2D eigenvalue weighted by Gasteiger charge is 2.16. The molecule has 7 heteroatoms. The molecule has 2 rings (SSSR count). The largest absolute Gasteiger partial charge is 0.316 e. The number of anilines is 1. The number of aryl methyl sites for hydroxylation is 1. The van der Waals surface area contributed by atoms with Gasteiger partial charge >= 0.3 is 0 Å². The molecule has 0 spiro atoms. The summed E-state index contributed by atoms with van der Waals surface area (Å²) in [7, 11) is 0. The smallest absolute Gasteiger partial charge is 0.275 e. The van der Waals surface area contributed by atoms with E-state index in [0.29, 0.717) is 5.01 Å². The molecule has 18 heavy (non-hydrogen) atoms. The number of rotatable bonds is 2. The van der Waals surface area contributed by atoms with Crippen molar-refractivity contribution in [3.8, 4) is 0 Å². The summed E-state index contributed by atoms with van der Waals surface area (Å²) in [6, 6.07) is 2.15. The summed E-state index contributed by atoms with van der Waals surface area (Å²) >= 11 is 4.25. The number of thiazole rings is 1. The summed E-state index contributed by atoms with van der Waals surface area (Å²) < 4.78 is 27.2. The Morgan fingerprint density at radius 1 is 1.39 bits per heavy atom. The Balaban J connectivity index is 2.27. The maximum absolute atomic E-state index is 13.5. The summed E-state index contributed by atoms with van der Waals surface area (Å²) in [5.74, 6) is -2.33. The highest BCUT2D eigenvalue weighted by atomic mass is 79.9. The van der Waals surface area contributed by atoms with Crippen LogP contribution in [0, 0.1) is 18.6 Å². The van der Waals surface area contributed by atoms with Crippen molar-refractivity contribution in [3.63, 3.8) is 0 Å². The molecule has 94 valence electrons. The van der Waals surface area contributed by atoms with Crippen molar-refractivity contribution in [2.75, 3.05) is 5.32 Å². The third kappa shape index (κ3) is 2.73. The van der Waals surface area contributed by atoms with E-state index >= 15 is 0 Å². The van der Waals surface area contributed by atoms with Gasteiger partial charge in [0.05, 0.1) is 5.01 Å². The number of hydrogen-bond donors (Lipinski definition) is 1. The highest BCUT2D eigenvalue weighted by molar-refractivity contribution is 9.10. The van der Waals surface area contributed by atoms with Gasteiger partial charge in [0.15, 0.2) is 11.6 Å². The van der Waals surface area contributed by atoms with E-state index in [1.807, 2.05) is 0 Å². The van der Waals surface area contributed by atoms with Gasteiger partial charge in [-0.05, 0) is 19.1 Å². The number of nitrogens with one attached hydrogen (secondary N) is 1. The van der Waals surface area contributed by atoms with Crippen molar-refractivity contribution in [1.29, 1.82) is 0 Å². The molecular formula is C11H7BrF2N2OS. The number of aromatic nitrogens is 1. The minimum absolute atomic E-state index is 0.138. The summed E-state index contributed by atoms with van der Waals surface area (Å²) in [5.41, 5.74) is -0.340. The van der Waals surface area contributed by atoms with Gasteiger partial charge < -0.3 is 5.32 Å². The lowest BCUT2D eigenvalue weighted by Gasteiger charge is -2.06. The van der Waals surface area contributed by atoms with Crippen molar-refractivity contribution in [1.82, 2.24) is 4.98 Å². The van der Waals surface area contributed by atoms with Crippen LogP contribution in [0.15, 0.2) is 22.0 Å². The predicted molar refractivity (Wildman–Crippen MR) is 68.9 cm³/mol. The molecule has 1 amide bonds. The van der Waals surface area contributed by atoms with Crippen LogP contribution in [0.25, 0.3) is 0 Å². The number of amides is 1. The second kappa shape index (κ2) is 5.11. The number of benzene rings is 1. The lowest BCUT2D eigenvalue weighted by Crippen LogP contribution is -2.14. The lowest BCUT2D eigenvalue weighted by atomic mass is 10.3. The van der Waals surface area contributed by atoms with Crippen LogP contribution >= 0.6 is 27.3 Å². The van der Waals surface area contributed by atoms with Gasteiger partial charge in [0.2, 0.25) is 0 Å². The quantitative estimate of drug-likeness (QED) is 0.910. The number of hydrogen-bond acceptors (Lipinski definition) is 3. The van der Waals surface area contributed by atoms with Gasteiger partial charge in [0, 0.05) is 9.85 Å². The van der Waals surface area contributed by atoms with Crippen molar-refractivity contribution in [3.05, 3.63) is 44.3 Å². The standard InChI is InChI=1S/C11H7BrF2N2OS/c1-5-15-9(4-18-5)11(17)16-10-7(13)2-6(12)3-8(10)14/h2-4H,1H3,(H,16,17). The molecule has 1 heterocycles. The summed E-state index contributed by atoms with van der Waals surface area (Å²) in [5, 5.41) is 4.40. The Kier molecular flexibility index (Phi) is 3.72. The average molecular weight is 333 g/mol. The Morgan fingerprint density at radius 2 is 2.00 bits per heavy atom. The van der Waals surface area contributed by atoms with Gasteiger partial charge in [-0.15, -0.1) is 11.3 Å². The zero-order valence-corrected chi connectivity index (χ0v) is 11.5. The maximum Gasteiger partial charge on any atom is 0.275 e. The monoisotopic (exact) mass is 332 g/mol. The molecular weight excluding hydrogens is 326 g/mol. The van der Waals surface area contributed by atoms with E-state index in [1.54, 1.807) is 6.92 Å². The fourth-order valence-electron chi connectivity index (χ4n) is 1.31. The Morgan fingerprint density at radius 3 is 2.50 bits per heavy atom. The molecule has 1 N–H and O–H groups in total. The molecule has 0 saturated heterocycles. The van der Waals surface area contributed by atoms with Crippen LogP contribution in [-0.4, -0.2) is 10.9 Å². The van der Waals surface area contributed by atoms with E-state index in [2.05, 4.69) is 26.2 Å². The van der Waals surface area contributed by atoms with Gasteiger partial charge in [-0.3, -0.25) is 4.79 Å². The molecule has 0 atom stereocenters. The van der Waals surface area contributed by atoms with Gasteiger partial charge in [-0.2, -0.15) is 0 Å². The molecule has 2 aromatic rings. The molecule has 0 bridgehead atoms. The number of carbonyl (C=O) groups is 1. The van der Waals surface area contributed by atoms with Crippen molar-refractivity contribution >= 4 is 38.9 Å². The molecule has 0 aliphatic heterocycles. The van der Waals surface area contributed by atoms with Crippen LogP contribution in [0.2, 0.25) is 0 Å². The first-order valence-corrected chi connectivity index (χ1v) is 6.52. The van der Waals surface area contributed by atoms with Crippen LogP contribution in [0.3, 0.4) is 0 Å². The van der Waals surface area contributed by atoms with Gasteiger partial charge in [-0.25, -0.2) is 13.8 Å². The lowest BCUT2D eigenvalue weighted by molar-refractivity contribution is 0.102. The minimum atomic E-state index is -0.845. The fraction of sp³-hybridized carbons (Fsp3) is 0.0909. The summed E-state index contributed by atoms with van der Waals surface area (Å²) in [6.45, 7) is 1.74. The SMILES string of the molecule is Cc1nc(C(=O)Nc2c(F)cc(Br)cc2F)cs1. The predicted octanol–water partition coefficient (Wildman–Crippen LogP) is 3.74. The van der Waals surface area contributed by atoms with Gasteiger partial charge in [0.1, 0.15) is 11.4 Å². The second-order valence-corrected chi connectivity index (χ2v) is 5.43.